The van der Waals surface area contributed by atoms with Crippen LogP contribution in [0.5, 0.6) is 5.75 Å². The minimum atomic E-state index is 0.607. The second kappa shape index (κ2) is 5.28. The molecule has 120 valence electrons. The third-order valence-corrected chi connectivity index (χ3v) is 7.65. The van der Waals surface area contributed by atoms with Crippen molar-refractivity contribution >= 4 is 0 Å². The van der Waals surface area contributed by atoms with Gasteiger partial charge in [0.15, 0.2) is 0 Å². The Balaban J connectivity index is 1.70. The number of rotatable bonds is 1. The van der Waals surface area contributed by atoms with E-state index < -0.39 is 0 Å². The van der Waals surface area contributed by atoms with E-state index in [0.717, 1.165) is 29.4 Å². The van der Waals surface area contributed by atoms with Crippen LogP contribution in [0.2, 0.25) is 0 Å². The summed E-state index contributed by atoms with van der Waals surface area (Å²) in [4.78, 5) is 0. The van der Waals surface area contributed by atoms with Gasteiger partial charge in [-0.3, -0.25) is 0 Å². The maximum atomic E-state index is 5.50. The first kappa shape index (κ1) is 14.6. The zero-order valence-electron chi connectivity index (χ0n) is 14.4. The number of fused-ring (bicyclic) bond motifs is 5. The molecule has 0 amide bonds. The number of ether oxygens (including phenoxy) is 1. The van der Waals surface area contributed by atoms with Crippen molar-refractivity contribution in [3.8, 4) is 5.75 Å². The van der Waals surface area contributed by atoms with Crippen molar-refractivity contribution in [1.82, 2.24) is 0 Å². The maximum absolute atomic E-state index is 5.50. The van der Waals surface area contributed by atoms with E-state index in [0.29, 0.717) is 5.41 Å². The molecule has 1 aromatic carbocycles. The summed E-state index contributed by atoms with van der Waals surface area (Å²) in [5.41, 5.74) is 3.82. The van der Waals surface area contributed by atoms with Crippen molar-refractivity contribution in [1.29, 1.82) is 0 Å². The molecule has 5 atom stereocenters. The van der Waals surface area contributed by atoms with Crippen LogP contribution in [0.15, 0.2) is 18.2 Å². The van der Waals surface area contributed by atoms with E-state index in [4.69, 9.17) is 4.74 Å². The van der Waals surface area contributed by atoms with Crippen LogP contribution in [-0.2, 0) is 6.42 Å². The van der Waals surface area contributed by atoms with Gasteiger partial charge in [0.25, 0.3) is 0 Å². The molecule has 2 saturated carbocycles. The maximum Gasteiger partial charge on any atom is 0.119 e. The molecule has 3 aliphatic rings. The molecule has 0 aromatic heterocycles. The molecule has 22 heavy (non-hydrogen) atoms. The van der Waals surface area contributed by atoms with Gasteiger partial charge >= 0.3 is 0 Å². The molecule has 0 saturated heterocycles. The molecular weight excluding hydrogens is 268 g/mol. The highest BCUT2D eigenvalue weighted by molar-refractivity contribution is 5.40. The first-order chi connectivity index (χ1) is 10.6. The Kier molecular flexibility index (Phi) is 3.51. The molecule has 1 unspecified atom stereocenters. The summed E-state index contributed by atoms with van der Waals surface area (Å²) >= 11 is 0. The van der Waals surface area contributed by atoms with E-state index in [2.05, 4.69) is 32.0 Å². The number of hydrogen-bond donors (Lipinski definition) is 0. The van der Waals surface area contributed by atoms with Crippen molar-refractivity contribution in [2.24, 2.45) is 23.2 Å². The lowest BCUT2D eigenvalue weighted by Crippen LogP contribution is -2.47. The molecule has 0 radical (unpaired) electrons. The quantitative estimate of drug-likeness (QED) is 0.658. The molecule has 1 heteroatoms. The summed E-state index contributed by atoms with van der Waals surface area (Å²) < 4.78 is 5.50. The van der Waals surface area contributed by atoms with Crippen LogP contribution < -0.4 is 4.74 Å². The average molecular weight is 298 g/mol. The minimum absolute atomic E-state index is 0.607. The van der Waals surface area contributed by atoms with Crippen LogP contribution in [0.4, 0.5) is 0 Å². The number of hydrogen-bond acceptors (Lipinski definition) is 1. The van der Waals surface area contributed by atoms with E-state index >= 15 is 0 Å². The molecule has 4 rings (SSSR count). The summed E-state index contributed by atoms with van der Waals surface area (Å²) in [7, 11) is 1.79. The SMILES string of the molecule is COc1ccc2c(c1)[C@H]1CC[C@]3(C)C(C)CCC[C@H]3[C@@H]1CC2. The van der Waals surface area contributed by atoms with Crippen LogP contribution in [0.1, 0.15) is 69.4 Å². The summed E-state index contributed by atoms with van der Waals surface area (Å²) in [6.07, 6.45) is 9.89. The van der Waals surface area contributed by atoms with E-state index in [-0.39, 0.29) is 0 Å². The van der Waals surface area contributed by atoms with Gasteiger partial charge in [-0.15, -0.1) is 0 Å². The fourth-order valence-corrected chi connectivity index (χ4v) is 6.15. The highest BCUT2D eigenvalue weighted by Crippen LogP contribution is 2.61. The van der Waals surface area contributed by atoms with Gasteiger partial charge in [0, 0.05) is 0 Å². The molecule has 0 aliphatic heterocycles. The van der Waals surface area contributed by atoms with Gasteiger partial charge in [0.05, 0.1) is 7.11 Å². The van der Waals surface area contributed by atoms with Gasteiger partial charge in [-0.1, -0.05) is 32.8 Å². The summed E-state index contributed by atoms with van der Waals surface area (Å²) in [5.74, 6) is 4.63. The lowest BCUT2D eigenvalue weighted by molar-refractivity contribution is -0.0433. The van der Waals surface area contributed by atoms with Gasteiger partial charge in [-0.05, 0) is 84.5 Å². The lowest BCUT2D eigenvalue weighted by Gasteiger charge is -2.57. The first-order valence-corrected chi connectivity index (χ1v) is 9.30. The standard InChI is InChI=1S/C21H30O/c1-14-5-4-6-20-18-10-8-15-7-9-16(22-3)13-19(15)17(18)11-12-21(14,20)2/h7,9,13-14,17-18,20H,4-6,8,10-12H2,1-3H3/t14?,17-,18+,20-,21+/m0/s1. The summed E-state index contributed by atoms with van der Waals surface area (Å²) in [5, 5.41) is 0. The van der Waals surface area contributed by atoms with E-state index in [1.54, 1.807) is 18.2 Å². The number of benzene rings is 1. The minimum Gasteiger partial charge on any atom is -0.497 e. The fraction of sp³-hybridized carbons (Fsp3) is 0.714. The predicted octanol–water partition coefficient (Wildman–Crippen LogP) is 5.58. The highest BCUT2D eigenvalue weighted by Gasteiger charge is 2.51. The lowest BCUT2D eigenvalue weighted by atomic mass is 9.48. The molecule has 0 heterocycles. The summed E-state index contributed by atoms with van der Waals surface area (Å²) in [6, 6.07) is 6.82. The Morgan fingerprint density at radius 2 is 2.00 bits per heavy atom. The van der Waals surface area contributed by atoms with Crippen molar-refractivity contribution < 1.29 is 4.74 Å². The van der Waals surface area contributed by atoms with Gasteiger partial charge in [-0.25, -0.2) is 0 Å². The number of methoxy groups -OCH3 is 1. The van der Waals surface area contributed by atoms with Crippen molar-refractivity contribution in [3.05, 3.63) is 29.3 Å². The fourth-order valence-electron chi connectivity index (χ4n) is 6.15. The Bertz CT molecular complexity index is 563. The predicted molar refractivity (Wildman–Crippen MR) is 91.4 cm³/mol. The van der Waals surface area contributed by atoms with Gasteiger partial charge in [0.2, 0.25) is 0 Å². The Labute approximate surface area is 135 Å². The third-order valence-electron chi connectivity index (χ3n) is 7.65. The van der Waals surface area contributed by atoms with E-state index in [1.165, 1.54) is 44.9 Å². The zero-order valence-corrected chi connectivity index (χ0v) is 14.4. The normalized spacial score (nSPS) is 40.3. The van der Waals surface area contributed by atoms with E-state index in [1.807, 2.05) is 0 Å². The van der Waals surface area contributed by atoms with Crippen LogP contribution in [0.25, 0.3) is 0 Å². The molecular formula is C21H30O. The monoisotopic (exact) mass is 298 g/mol. The molecule has 1 aromatic rings. The Morgan fingerprint density at radius 3 is 2.82 bits per heavy atom. The second-order valence-corrected chi connectivity index (χ2v) is 8.36. The second-order valence-electron chi connectivity index (χ2n) is 8.36. The molecule has 1 nitrogen and oxygen atoms in total. The third kappa shape index (κ3) is 2.04. The summed E-state index contributed by atoms with van der Waals surface area (Å²) in [6.45, 7) is 5.13. The van der Waals surface area contributed by atoms with Gasteiger partial charge in [0.1, 0.15) is 5.75 Å². The van der Waals surface area contributed by atoms with Crippen molar-refractivity contribution in [3.63, 3.8) is 0 Å². The average Bonchev–Trinajstić information content (AvgIpc) is 2.55. The van der Waals surface area contributed by atoms with Gasteiger partial charge in [-0.2, -0.15) is 0 Å². The molecule has 2 fully saturated rings. The van der Waals surface area contributed by atoms with Crippen LogP contribution in [0.3, 0.4) is 0 Å². The largest absolute Gasteiger partial charge is 0.497 e. The van der Waals surface area contributed by atoms with Crippen LogP contribution in [-0.4, -0.2) is 7.11 Å². The number of aryl methyl sites for hydroxylation is 1. The Hall–Kier alpha value is -0.980. The van der Waals surface area contributed by atoms with Crippen molar-refractivity contribution in [2.45, 2.75) is 64.7 Å². The smallest absolute Gasteiger partial charge is 0.119 e. The van der Waals surface area contributed by atoms with Gasteiger partial charge < -0.3 is 4.74 Å². The highest BCUT2D eigenvalue weighted by atomic mass is 16.5. The Morgan fingerprint density at radius 1 is 1.14 bits per heavy atom. The molecule has 3 aliphatic carbocycles. The van der Waals surface area contributed by atoms with Crippen molar-refractivity contribution in [2.75, 3.05) is 7.11 Å². The first-order valence-electron chi connectivity index (χ1n) is 9.30. The molecule has 0 N–H and O–H groups in total. The van der Waals surface area contributed by atoms with Crippen LogP contribution in [0, 0.1) is 23.2 Å². The van der Waals surface area contributed by atoms with E-state index in [9.17, 15) is 0 Å². The van der Waals surface area contributed by atoms with Crippen LogP contribution >= 0.6 is 0 Å². The molecule has 0 bridgehead atoms. The topological polar surface area (TPSA) is 9.23 Å². The molecule has 0 spiro atoms. The zero-order chi connectivity index (χ0) is 15.3.